The van der Waals surface area contributed by atoms with Gasteiger partial charge in [-0.3, -0.25) is 9.78 Å². The van der Waals surface area contributed by atoms with Crippen molar-refractivity contribution in [1.29, 1.82) is 0 Å². The van der Waals surface area contributed by atoms with Gasteiger partial charge in [-0.2, -0.15) is 5.10 Å². The van der Waals surface area contributed by atoms with Crippen LogP contribution in [0.25, 0.3) is 16.7 Å². The SMILES string of the molecule is NC(=O)c1cnn2c1[nH]c1ccncc12. The van der Waals surface area contributed by atoms with E-state index in [1.165, 1.54) is 6.20 Å². The van der Waals surface area contributed by atoms with E-state index >= 15 is 0 Å². The van der Waals surface area contributed by atoms with Gasteiger partial charge in [0.05, 0.1) is 17.9 Å². The van der Waals surface area contributed by atoms with Crippen LogP contribution in [0.15, 0.2) is 24.7 Å². The molecule has 0 radical (unpaired) electrons. The minimum absolute atomic E-state index is 0.381. The smallest absolute Gasteiger partial charge is 0.254 e. The number of carbonyl (C=O) groups excluding carboxylic acids is 1. The first-order chi connectivity index (χ1) is 7.27. The van der Waals surface area contributed by atoms with E-state index < -0.39 is 5.91 Å². The average molecular weight is 201 g/mol. The number of fused-ring (bicyclic) bond motifs is 3. The van der Waals surface area contributed by atoms with Gasteiger partial charge in [0.25, 0.3) is 5.91 Å². The predicted molar refractivity (Wildman–Crippen MR) is 53.4 cm³/mol. The number of imidazole rings is 1. The number of nitrogens with zero attached hydrogens (tertiary/aromatic N) is 3. The predicted octanol–water partition coefficient (Wildman–Crippen LogP) is 0.309. The topological polar surface area (TPSA) is 89.1 Å². The van der Waals surface area contributed by atoms with E-state index in [4.69, 9.17) is 5.73 Å². The van der Waals surface area contributed by atoms with Crippen molar-refractivity contribution in [1.82, 2.24) is 19.6 Å². The molecule has 0 aliphatic rings. The Hall–Kier alpha value is -2.37. The van der Waals surface area contributed by atoms with Gasteiger partial charge < -0.3 is 10.7 Å². The molecule has 0 saturated heterocycles. The lowest BCUT2D eigenvalue weighted by atomic mass is 10.3. The number of rotatable bonds is 1. The lowest BCUT2D eigenvalue weighted by molar-refractivity contribution is 0.100. The van der Waals surface area contributed by atoms with Crippen LogP contribution in [0.1, 0.15) is 10.4 Å². The van der Waals surface area contributed by atoms with Crippen molar-refractivity contribution in [2.75, 3.05) is 0 Å². The molecule has 3 N–H and O–H groups in total. The molecule has 0 aliphatic carbocycles. The zero-order valence-corrected chi connectivity index (χ0v) is 7.64. The maximum Gasteiger partial charge on any atom is 0.254 e. The van der Waals surface area contributed by atoms with E-state index in [9.17, 15) is 4.79 Å². The lowest BCUT2D eigenvalue weighted by Gasteiger charge is -1.85. The number of hydrogen-bond acceptors (Lipinski definition) is 3. The molecule has 3 aromatic heterocycles. The summed E-state index contributed by atoms with van der Waals surface area (Å²) in [5, 5.41) is 4.07. The van der Waals surface area contributed by atoms with Gasteiger partial charge in [0.15, 0.2) is 0 Å². The summed E-state index contributed by atoms with van der Waals surface area (Å²) in [5.74, 6) is -0.496. The van der Waals surface area contributed by atoms with Crippen LogP contribution in [0.4, 0.5) is 0 Å². The second kappa shape index (κ2) is 2.57. The van der Waals surface area contributed by atoms with Gasteiger partial charge >= 0.3 is 0 Å². The number of aromatic amines is 1. The van der Waals surface area contributed by atoms with Crippen molar-refractivity contribution in [3.63, 3.8) is 0 Å². The molecule has 1 amide bonds. The summed E-state index contributed by atoms with van der Waals surface area (Å²) >= 11 is 0. The minimum atomic E-state index is -0.496. The summed E-state index contributed by atoms with van der Waals surface area (Å²) in [6, 6.07) is 1.81. The van der Waals surface area contributed by atoms with Crippen molar-refractivity contribution in [2.24, 2.45) is 5.73 Å². The summed E-state index contributed by atoms with van der Waals surface area (Å²) < 4.78 is 1.61. The summed E-state index contributed by atoms with van der Waals surface area (Å²) in [7, 11) is 0. The van der Waals surface area contributed by atoms with Gasteiger partial charge in [0, 0.05) is 6.20 Å². The van der Waals surface area contributed by atoms with Gasteiger partial charge in [0.2, 0.25) is 0 Å². The van der Waals surface area contributed by atoms with Crippen molar-refractivity contribution < 1.29 is 4.79 Å². The van der Waals surface area contributed by atoms with Crippen LogP contribution in [0.2, 0.25) is 0 Å². The standard InChI is InChI=1S/C9H7N5O/c10-8(15)5-3-12-14-7-4-11-2-1-6(7)13-9(5)14/h1-4,13H,(H2,10,15). The Morgan fingerprint density at radius 2 is 2.33 bits per heavy atom. The molecule has 74 valence electrons. The van der Waals surface area contributed by atoms with Crippen LogP contribution < -0.4 is 5.73 Å². The maximum absolute atomic E-state index is 11.1. The van der Waals surface area contributed by atoms with Crippen molar-refractivity contribution in [2.45, 2.75) is 0 Å². The minimum Gasteiger partial charge on any atom is -0.365 e. The third kappa shape index (κ3) is 0.954. The van der Waals surface area contributed by atoms with Crippen molar-refractivity contribution >= 4 is 22.6 Å². The summed E-state index contributed by atoms with van der Waals surface area (Å²) in [6.45, 7) is 0. The lowest BCUT2D eigenvalue weighted by Crippen LogP contribution is -2.10. The molecule has 3 rings (SSSR count). The number of nitrogens with one attached hydrogen (secondary N) is 1. The number of aromatic nitrogens is 4. The van der Waals surface area contributed by atoms with Gasteiger partial charge in [-0.1, -0.05) is 0 Å². The highest BCUT2D eigenvalue weighted by molar-refractivity contribution is 6.00. The van der Waals surface area contributed by atoms with Gasteiger partial charge in [-0.05, 0) is 6.07 Å². The van der Waals surface area contributed by atoms with Crippen LogP contribution in [-0.4, -0.2) is 25.5 Å². The molecule has 0 unspecified atom stereocenters. The quantitative estimate of drug-likeness (QED) is 0.593. The highest BCUT2D eigenvalue weighted by Crippen LogP contribution is 2.16. The number of carbonyl (C=O) groups is 1. The molecule has 15 heavy (non-hydrogen) atoms. The van der Waals surface area contributed by atoms with Gasteiger partial charge in [-0.15, -0.1) is 0 Å². The van der Waals surface area contributed by atoms with Gasteiger partial charge in [0.1, 0.15) is 16.7 Å². The monoisotopic (exact) mass is 201 g/mol. The van der Waals surface area contributed by atoms with Crippen LogP contribution in [0, 0.1) is 0 Å². The van der Waals surface area contributed by atoms with E-state index in [0.29, 0.717) is 11.2 Å². The second-order valence-corrected chi connectivity index (χ2v) is 3.20. The number of amides is 1. The number of primary amides is 1. The number of hydrogen-bond donors (Lipinski definition) is 2. The Kier molecular flexibility index (Phi) is 1.37. The van der Waals surface area contributed by atoms with Crippen LogP contribution in [0.5, 0.6) is 0 Å². The molecular formula is C9H7N5O. The normalized spacial score (nSPS) is 11.2. The van der Waals surface area contributed by atoms with E-state index in [1.54, 1.807) is 16.9 Å². The highest BCUT2D eigenvalue weighted by atomic mass is 16.1. The molecule has 3 aromatic rings. The molecule has 6 nitrogen and oxygen atoms in total. The fourth-order valence-corrected chi connectivity index (χ4v) is 1.62. The van der Waals surface area contributed by atoms with Crippen molar-refractivity contribution in [3.8, 4) is 0 Å². The highest BCUT2D eigenvalue weighted by Gasteiger charge is 2.13. The van der Waals surface area contributed by atoms with Gasteiger partial charge in [-0.25, -0.2) is 4.52 Å². The van der Waals surface area contributed by atoms with E-state index in [-0.39, 0.29) is 0 Å². The first-order valence-electron chi connectivity index (χ1n) is 4.36. The number of nitrogens with two attached hydrogens (primary N) is 1. The first-order valence-corrected chi connectivity index (χ1v) is 4.36. The Balaban J connectivity index is 2.50. The van der Waals surface area contributed by atoms with Crippen LogP contribution >= 0.6 is 0 Å². The Morgan fingerprint density at radius 3 is 3.13 bits per heavy atom. The maximum atomic E-state index is 11.1. The zero-order chi connectivity index (χ0) is 10.4. The molecule has 0 bridgehead atoms. The summed E-state index contributed by atoms with van der Waals surface area (Å²) in [4.78, 5) is 18.1. The molecule has 0 saturated carbocycles. The first kappa shape index (κ1) is 7.98. The largest absolute Gasteiger partial charge is 0.365 e. The third-order valence-electron chi connectivity index (χ3n) is 2.32. The third-order valence-corrected chi connectivity index (χ3v) is 2.32. The zero-order valence-electron chi connectivity index (χ0n) is 7.64. The molecular weight excluding hydrogens is 194 g/mol. The molecule has 6 heteroatoms. The molecule has 0 atom stereocenters. The van der Waals surface area contributed by atoms with Crippen LogP contribution in [-0.2, 0) is 0 Å². The fourth-order valence-electron chi connectivity index (χ4n) is 1.62. The Morgan fingerprint density at radius 1 is 1.47 bits per heavy atom. The van der Waals surface area contributed by atoms with Crippen molar-refractivity contribution in [3.05, 3.63) is 30.2 Å². The average Bonchev–Trinajstić information content (AvgIpc) is 2.74. The van der Waals surface area contributed by atoms with E-state index in [1.807, 2.05) is 6.07 Å². The Bertz CT molecular complexity index is 665. The van der Waals surface area contributed by atoms with E-state index in [0.717, 1.165) is 11.0 Å². The molecule has 3 heterocycles. The molecule has 0 fully saturated rings. The fraction of sp³-hybridized carbons (Fsp3) is 0. The number of H-pyrrole nitrogens is 1. The Labute approximate surface area is 83.7 Å². The van der Waals surface area contributed by atoms with Crippen LogP contribution in [0.3, 0.4) is 0 Å². The summed E-state index contributed by atoms with van der Waals surface area (Å²) in [5.41, 5.74) is 7.89. The molecule has 0 spiro atoms. The second-order valence-electron chi connectivity index (χ2n) is 3.20. The summed E-state index contributed by atoms with van der Waals surface area (Å²) in [6.07, 6.45) is 4.79. The molecule has 0 aliphatic heterocycles. The molecule has 0 aromatic carbocycles. The van der Waals surface area contributed by atoms with E-state index in [2.05, 4.69) is 15.1 Å². The number of pyridine rings is 1.